The summed E-state index contributed by atoms with van der Waals surface area (Å²) in [6.45, 7) is 0.547. The number of amides is 1. The van der Waals surface area contributed by atoms with Crippen LogP contribution in [-0.2, 0) is 31.2 Å². The molecule has 2 heterocycles. The summed E-state index contributed by atoms with van der Waals surface area (Å²) in [5.74, 6) is 0.00774. The van der Waals surface area contributed by atoms with Gasteiger partial charge in [-0.3, -0.25) is 14.5 Å². The predicted octanol–water partition coefficient (Wildman–Crippen LogP) is 3.64. The monoisotopic (exact) mass is 411 g/mol. The quantitative estimate of drug-likeness (QED) is 0.537. The SMILES string of the molecule is Cn1cc(-c2ccc3c(N)c4c(nc3c2)CCC(C(=O)NCc2ccccc2)C4)cn1. The highest BCUT2D eigenvalue weighted by Gasteiger charge is 2.27. The van der Waals surface area contributed by atoms with Crippen molar-refractivity contribution in [2.75, 3.05) is 5.73 Å². The molecule has 0 fully saturated rings. The van der Waals surface area contributed by atoms with Gasteiger partial charge in [0.15, 0.2) is 0 Å². The molecule has 0 spiro atoms. The molecule has 0 bridgehead atoms. The first-order chi connectivity index (χ1) is 15.1. The van der Waals surface area contributed by atoms with E-state index in [2.05, 4.69) is 22.5 Å². The molecule has 0 saturated carbocycles. The van der Waals surface area contributed by atoms with Gasteiger partial charge in [-0.1, -0.05) is 42.5 Å². The van der Waals surface area contributed by atoms with Crippen molar-refractivity contribution in [3.63, 3.8) is 0 Å². The van der Waals surface area contributed by atoms with Gasteiger partial charge in [-0.15, -0.1) is 0 Å². The minimum Gasteiger partial charge on any atom is -0.398 e. The molecule has 1 aliphatic rings. The Labute approximate surface area is 181 Å². The third-order valence-electron chi connectivity index (χ3n) is 6.12. The molecular formula is C25H25N5O. The lowest BCUT2D eigenvalue weighted by molar-refractivity contribution is -0.125. The van der Waals surface area contributed by atoms with Crippen molar-refractivity contribution in [3.05, 3.63) is 77.7 Å². The van der Waals surface area contributed by atoms with Gasteiger partial charge in [-0.05, 0) is 42.0 Å². The molecule has 0 saturated heterocycles. The number of carbonyl (C=O) groups is 1. The zero-order valence-electron chi connectivity index (χ0n) is 17.5. The number of benzene rings is 2. The van der Waals surface area contributed by atoms with Gasteiger partial charge in [0.1, 0.15) is 0 Å². The Kier molecular flexibility index (Phi) is 4.90. The number of rotatable bonds is 4. The molecule has 4 aromatic rings. The van der Waals surface area contributed by atoms with Crippen LogP contribution >= 0.6 is 0 Å². The number of aryl methyl sites for hydroxylation is 2. The molecule has 0 radical (unpaired) electrons. The first-order valence-electron chi connectivity index (χ1n) is 10.6. The zero-order chi connectivity index (χ0) is 21.4. The van der Waals surface area contributed by atoms with Gasteiger partial charge in [0, 0.05) is 48.0 Å². The minimum absolute atomic E-state index is 0.0765. The van der Waals surface area contributed by atoms with Crippen molar-refractivity contribution in [2.45, 2.75) is 25.8 Å². The fraction of sp³-hybridized carbons (Fsp3) is 0.240. The number of pyridine rings is 1. The Morgan fingerprint density at radius 2 is 2.03 bits per heavy atom. The summed E-state index contributed by atoms with van der Waals surface area (Å²) in [6, 6.07) is 16.1. The smallest absolute Gasteiger partial charge is 0.223 e. The maximum absolute atomic E-state index is 12.8. The van der Waals surface area contributed by atoms with Crippen LogP contribution in [0.4, 0.5) is 5.69 Å². The largest absolute Gasteiger partial charge is 0.398 e. The first kappa shape index (κ1) is 19.3. The van der Waals surface area contributed by atoms with E-state index in [9.17, 15) is 4.79 Å². The predicted molar refractivity (Wildman–Crippen MR) is 122 cm³/mol. The van der Waals surface area contributed by atoms with Gasteiger partial charge in [0.25, 0.3) is 0 Å². The van der Waals surface area contributed by atoms with Gasteiger partial charge in [0.05, 0.1) is 11.7 Å². The lowest BCUT2D eigenvalue weighted by Gasteiger charge is -2.25. The van der Waals surface area contributed by atoms with Crippen LogP contribution in [0.25, 0.3) is 22.0 Å². The molecule has 1 unspecified atom stereocenters. The molecular weight excluding hydrogens is 386 g/mol. The van der Waals surface area contributed by atoms with Crippen molar-refractivity contribution in [1.82, 2.24) is 20.1 Å². The molecule has 2 aromatic heterocycles. The summed E-state index contributed by atoms with van der Waals surface area (Å²) in [7, 11) is 1.91. The maximum Gasteiger partial charge on any atom is 0.223 e. The molecule has 6 nitrogen and oxygen atoms in total. The summed E-state index contributed by atoms with van der Waals surface area (Å²) in [6.07, 6.45) is 6.02. The van der Waals surface area contributed by atoms with Gasteiger partial charge in [0.2, 0.25) is 5.91 Å². The van der Waals surface area contributed by atoms with Crippen LogP contribution in [-0.4, -0.2) is 20.7 Å². The van der Waals surface area contributed by atoms with Crippen LogP contribution in [0, 0.1) is 5.92 Å². The molecule has 3 N–H and O–H groups in total. The molecule has 5 rings (SSSR count). The molecule has 1 aliphatic carbocycles. The van der Waals surface area contributed by atoms with Crippen molar-refractivity contribution in [3.8, 4) is 11.1 Å². The highest BCUT2D eigenvalue weighted by molar-refractivity contribution is 5.95. The average molecular weight is 412 g/mol. The number of aromatic nitrogens is 3. The van der Waals surface area contributed by atoms with Crippen LogP contribution in [0.3, 0.4) is 0 Å². The van der Waals surface area contributed by atoms with E-state index < -0.39 is 0 Å². The second-order valence-corrected chi connectivity index (χ2v) is 8.23. The van der Waals surface area contributed by atoms with Gasteiger partial charge < -0.3 is 11.1 Å². The standard InChI is InChI=1S/C25H25N5O/c1-30-15-19(14-28-30)17-7-9-20-23(12-17)29-22-10-8-18(11-21(22)24(20)26)25(31)27-13-16-5-3-2-4-6-16/h2-7,9,12,14-15,18H,8,10-11,13H2,1H3,(H2,26,29)(H,27,31). The third-order valence-corrected chi connectivity index (χ3v) is 6.12. The highest BCUT2D eigenvalue weighted by atomic mass is 16.1. The molecule has 1 atom stereocenters. The lowest BCUT2D eigenvalue weighted by Crippen LogP contribution is -2.34. The van der Waals surface area contributed by atoms with E-state index in [1.807, 2.05) is 55.8 Å². The van der Waals surface area contributed by atoms with Gasteiger partial charge in [-0.2, -0.15) is 5.10 Å². The van der Waals surface area contributed by atoms with Crippen LogP contribution in [0.1, 0.15) is 23.2 Å². The van der Waals surface area contributed by atoms with Crippen LogP contribution < -0.4 is 11.1 Å². The van der Waals surface area contributed by atoms with Crippen LogP contribution in [0.2, 0.25) is 0 Å². The molecule has 1 amide bonds. The summed E-state index contributed by atoms with van der Waals surface area (Å²) in [5.41, 5.74) is 13.5. The van der Waals surface area contributed by atoms with Crippen LogP contribution in [0.15, 0.2) is 60.9 Å². The third kappa shape index (κ3) is 3.77. The summed E-state index contributed by atoms with van der Waals surface area (Å²) < 4.78 is 1.79. The topological polar surface area (TPSA) is 85.8 Å². The zero-order valence-corrected chi connectivity index (χ0v) is 17.5. The number of nitrogens with one attached hydrogen (secondary N) is 1. The molecule has 31 heavy (non-hydrogen) atoms. The molecule has 6 heteroatoms. The number of nitrogens with two attached hydrogens (primary N) is 1. The second-order valence-electron chi connectivity index (χ2n) is 8.23. The van der Waals surface area contributed by atoms with E-state index in [4.69, 9.17) is 10.7 Å². The van der Waals surface area contributed by atoms with E-state index >= 15 is 0 Å². The Hall–Kier alpha value is -3.67. The Bertz CT molecular complexity index is 1260. The Morgan fingerprint density at radius 3 is 2.81 bits per heavy atom. The van der Waals surface area contributed by atoms with E-state index in [-0.39, 0.29) is 11.8 Å². The Balaban J connectivity index is 1.38. The fourth-order valence-corrected chi connectivity index (χ4v) is 4.38. The molecule has 2 aromatic carbocycles. The first-order valence-corrected chi connectivity index (χ1v) is 10.6. The summed E-state index contributed by atoms with van der Waals surface area (Å²) >= 11 is 0. The van der Waals surface area contributed by atoms with E-state index in [1.54, 1.807) is 4.68 Å². The number of anilines is 1. The lowest BCUT2D eigenvalue weighted by atomic mass is 9.84. The maximum atomic E-state index is 12.8. The van der Waals surface area contributed by atoms with E-state index in [1.165, 1.54) is 0 Å². The normalized spacial score (nSPS) is 15.6. The number of hydrogen-bond acceptors (Lipinski definition) is 4. The number of nitrogen functional groups attached to an aromatic ring is 1. The number of hydrogen-bond donors (Lipinski definition) is 2. The summed E-state index contributed by atoms with van der Waals surface area (Å²) in [4.78, 5) is 17.7. The molecule has 0 aliphatic heterocycles. The van der Waals surface area contributed by atoms with Crippen molar-refractivity contribution in [2.24, 2.45) is 13.0 Å². The van der Waals surface area contributed by atoms with Crippen molar-refractivity contribution in [1.29, 1.82) is 0 Å². The second kappa shape index (κ2) is 7.87. The molecule has 156 valence electrons. The van der Waals surface area contributed by atoms with E-state index in [0.717, 1.165) is 57.4 Å². The van der Waals surface area contributed by atoms with Gasteiger partial charge in [-0.25, -0.2) is 0 Å². The number of carbonyl (C=O) groups excluding carboxylic acids is 1. The summed E-state index contributed by atoms with van der Waals surface area (Å²) in [5, 5.41) is 8.27. The van der Waals surface area contributed by atoms with Gasteiger partial charge >= 0.3 is 0 Å². The number of fused-ring (bicyclic) bond motifs is 2. The van der Waals surface area contributed by atoms with Crippen molar-refractivity contribution >= 4 is 22.5 Å². The minimum atomic E-state index is -0.0765. The van der Waals surface area contributed by atoms with E-state index in [0.29, 0.717) is 13.0 Å². The van der Waals surface area contributed by atoms with Crippen molar-refractivity contribution < 1.29 is 4.79 Å². The Morgan fingerprint density at radius 1 is 1.19 bits per heavy atom. The van der Waals surface area contributed by atoms with Crippen LogP contribution in [0.5, 0.6) is 0 Å². The average Bonchev–Trinajstić information content (AvgIpc) is 3.24. The fourth-order valence-electron chi connectivity index (χ4n) is 4.38. The highest BCUT2D eigenvalue weighted by Crippen LogP contribution is 2.35. The number of nitrogens with zero attached hydrogens (tertiary/aromatic N) is 3.